The van der Waals surface area contributed by atoms with Gasteiger partial charge in [0.25, 0.3) is 11.5 Å². The van der Waals surface area contributed by atoms with Gasteiger partial charge in [-0.05, 0) is 85.1 Å². The number of anilines is 2. The Labute approximate surface area is 306 Å². The number of halogens is 1. The van der Waals surface area contributed by atoms with Crippen LogP contribution >= 0.6 is 0 Å². The van der Waals surface area contributed by atoms with Crippen molar-refractivity contribution in [3.63, 3.8) is 0 Å². The predicted octanol–water partition coefficient (Wildman–Crippen LogP) is 7.10. The Balaban J connectivity index is 1.11. The van der Waals surface area contributed by atoms with Crippen LogP contribution in [0.5, 0.6) is 11.6 Å². The summed E-state index contributed by atoms with van der Waals surface area (Å²) in [6.07, 6.45) is 6.11. The number of ketones is 1. The van der Waals surface area contributed by atoms with Crippen molar-refractivity contribution in [3.05, 3.63) is 131 Å². The van der Waals surface area contributed by atoms with Gasteiger partial charge in [-0.1, -0.05) is 12.1 Å². The first-order valence-corrected chi connectivity index (χ1v) is 16.9. The van der Waals surface area contributed by atoms with Gasteiger partial charge in [0, 0.05) is 60.5 Å². The number of carbonyl (C=O) groups excluding carboxylic acids is 3. The van der Waals surface area contributed by atoms with E-state index in [0.29, 0.717) is 81.2 Å². The number of fused-ring (bicyclic) bond motifs is 2. The lowest BCUT2D eigenvalue weighted by Crippen LogP contribution is -2.33. The third-order valence-electron chi connectivity index (χ3n) is 8.97. The lowest BCUT2D eigenvalue weighted by molar-refractivity contribution is -0.114. The largest absolute Gasteiger partial charge is 0.438 e. The molecule has 0 saturated heterocycles. The standard InChI is InChI=1S/C40H30FN7O6/c1-22(49)45-27-6-3-5-23(17-27)34-35-38(42-21-43-39(35)54-36(34)24-19-44-47(2)20-24)53-29-15-11-26(12-16-29)46-37(51)31-18-30-32(7-4-8-33(30)50)48(40(31)52)28-13-9-25(41)10-14-28/h3,5-6,9-21H,4,7-8H2,1-2H3,(H,45,49)(H,46,51). The van der Waals surface area contributed by atoms with Gasteiger partial charge in [0.1, 0.15) is 34.6 Å². The molecule has 0 spiro atoms. The molecule has 14 heteroatoms. The second kappa shape index (κ2) is 13.7. The van der Waals surface area contributed by atoms with E-state index in [9.17, 15) is 23.6 Å². The van der Waals surface area contributed by atoms with Crippen LogP contribution in [0.15, 0.2) is 107 Å². The molecule has 2 N–H and O–H groups in total. The number of ether oxygens (including phenoxy) is 1. The van der Waals surface area contributed by atoms with E-state index in [2.05, 4.69) is 25.7 Å². The number of Topliss-reactive ketones (excluding diaryl/α,β-unsaturated/α-hetero) is 1. The Kier molecular flexibility index (Phi) is 8.62. The van der Waals surface area contributed by atoms with Crippen molar-refractivity contribution >= 4 is 40.1 Å². The molecule has 2 amide bonds. The van der Waals surface area contributed by atoms with Crippen molar-refractivity contribution < 1.29 is 27.9 Å². The lowest BCUT2D eigenvalue weighted by Gasteiger charge is -2.21. The van der Waals surface area contributed by atoms with Crippen molar-refractivity contribution in [1.82, 2.24) is 24.3 Å². The van der Waals surface area contributed by atoms with Crippen molar-refractivity contribution in [2.24, 2.45) is 7.05 Å². The number of nitrogens with one attached hydrogen (secondary N) is 2. The first-order valence-electron chi connectivity index (χ1n) is 16.9. The van der Waals surface area contributed by atoms with Crippen LogP contribution in [0.3, 0.4) is 0 Å². The van der Waals surface area contributed by atoms with Crippen LogP contribution < -0.4 is 20.9 Å². The summed E-state index contributed by atoms with van der Waals surface area (Å²) in [5.74, 6) is -0.544. The number of rotatable bonds is 8. The van der Waals surface area contributed by atoms with Crippen molar-refractivity contribution in [2.45, 2.75) is 26.2 Å². The van der Waals surface area contributed by atoms with Gasteiger partial charge in [-0.2, -0.15) is 5.10 Å². The molecule has 1 aliphatic rings. The highest BCUT2D eigenvalue weighted by molar-refractivity contribution is 6.07. The van der Waals surface area contributed by atoms with Crippen LogP contribution in [-0.4, -0.2) is 41.9 Å². The third-order valence-corrected chi connectivity index (χ3v) is 8.97. The van der Waals surface area contributed by atoms with Crippen LogP contribution in [0.25, 0.3) is 39.2 Å². The number of hydrogen-bond donors (Lipinski definition) is 2. The van der Waals surface area contributed by atoms with E-state index in [1.165, 1.54) is 48.1 Å². The van der Waals surface area contributed by atoms with Gasteiger partial charge in [0.2, 0.25) is 17.5 Å². The molecule has 0 fully saturated rings. The summed E-state index contributed by atoms with van der Waals surface area (Å²) in [4.78, 5) is 60.9. The van der Waals surface area contributed by atoms with Gasteiger partial charge in [0.15, 0.2) is 5.78 Å². The molecule has 7 aromatic rings. The summed E-state index contributed by atoms with van der Waals surface area (Å²) in [5.41, 5.74) is 3.52. The number of benzene rings is 3. The number of hydrogen-bond acceptors (Lipinski definition) is 9. The number of pyridine rings is 1. The van der Waals surface area contributed by atoms with Gasteiger partial charge >= 0.3 is 0 Å². The maximum atomic E-state index is 13.8. The van der Waals surface area contributed by atoms with Crippen molar-refractivity contribution in [3.8, 4) is 39.8 Å². The van der Waals surface area contributed by atoms with Crippen LogP contribution in [0.1, 0.15) is 46.2 Å². The maximum Gasteiger partial charge on any atom is 0.268 e. The number of carbonyl (C=O) groups is 3. The minimum absolute atomic E-state index is 0.171. The Morgan fingerprint density at radius 1 is 0.907 bits per heavy atom. The highest BCUT2D eigenvalue weighted by atomic mass is 19.1. The average Bonchev–Trinajstić information content (AvgIpc) is 3.77. The highest BCUT2D eigenvalue weighted by Gasteiger charge is 2.27. The van der Waals surface area contributed by atoms with E-state index in [4.69, 9.17) is 9.15 Å². The van der Waals surface area contributed by atoms with E-state index in [1.54, 1.807) is 54.5 Å². The molecule has 8 rings (SSSR count). The monoisotopic (exact) mass is 723 g/mol. The fraction of sp³-hybridized carbons (Fsp3) is 0.125. The lowest BCUT2D eigenvalue weighted by atomic mass is 9.92. The maximum absolute atomic E-state index is 13.8. The average molecular weight is 724 g/mol. The topological polar surface area (TPSA) is 163 Å². The second-order valence-corrected chi connectivity index (χ2v) is 12.7. The molecule has 4 heterocycles. The Bertz CT molecular complexity index is 2680. The molecule has 0 bridgehead atoms. The normalized spacial score (nSPS) is 12.4. The van der Waals surface area contributed by atoms with E-state index >= 15 is 0 Å². The minimum Gasteiger partial charge on any atom is -0.438 e. The molecule has 0 radical (unpaired) electrons. The summed E-state index contributed by atoms with van der Waals surface area (Å²) in [6.45, 7) is 1.43. The first-order chi connectivity index (χ1) is 26.1. The molecule has 0 aliphatic heterocycles. The van der Waals surface area contributed by atoms with Gasteiger partial charge in [-0.25, -0.2) is 14.4 Å². The number of nitrogens with zero attached hydrogens (tertiary/aromatic N) is 5. The molecule has 54 heavy (non-hydrogen) atoms. The van der Waals surface area contributed by atoms with Gasteiger partial charge < -0.3 is 19.8 Å². The third kappa shape index (κ3) is 6.40. The molecule has 268 valence electrons. The highest BCUT2D eigenvalue weighted by Crippen LogP contribution is 2.44. The molecule has 0 unspecified atom stereocenters. The Hall–Kier alpha value is -7.22. The second-order valence-electron chi connectivity index (χ2n) is 12.7. The zero-order chi connectivity index (χ0) is 37.5. The summed E-state index contributed by atoms with van der Waals surface area (Å²) in [7, 11) is 1.79. The molecule has 1 aliphatic carbocycles. The van der Waals surface area contributed by atoms with Gasteiger partial charge in [-0.3, -0.25) is 28.4 Å². The summed E-state index contributed by atoms with van der Waals surface area (Å²) < 4.78 is 29.3. The fourth-order valence-corrected chi connectivity index (χ4v) is 6.59. The van der Waals surface area contributed by atoms with Crippen LogP contribution in [0.4, 0.5) is 15.8 Å². The molecular weight excluding hydrogens is 693 g/mol. The minimum atomic E-state index is -0.712. The number of aromatic nitrogens is 5. The number of aryl methyl sites for hydroxylation is 1. The van der Waals surface area contributed by atoms with Crippen LogP contribution in [-0.2, 0) is 18.3 Å². The van der Waals surface area contributed by atoms with Crippen molar-refractivity contribution in [1.29, 1.82) is 0 Å². The van der Waals surface area contributed by atoms with E-state index in [1.807, 2.05) is 18.2 Å². The van der Waals surface area contributed by atoms with Crippen molar-refractivity contribution in [2.75, 3.05) is 10.6 Å². The molecule has 0 atom stereocenters. The predicted molar refractivity (Wildman–Crippen MR) is 197 cm³/mol. The summed E-state index contributed by atoms with van der Waals surface area (Å²) in [6, 6.07) is 20.4. The molecule has 3 aromatic carbocycles. The Morgan fingerprint density at radius 2 is 1.70 bits per heavy atom. The van der Waals surface area contributed by atoms with Crippen LogP contribution in [0, 0.1) is 5.82 Å². The molecule has 13 nitrogen and oxygen atoms in total. The van der Waals surface area contributed by atoms with E-state index < -0.39 is 17.3 Å². The quantitative estimate of drug-likeness (QED) is 0.166. The molecule has 0 saturated carbocycles. The zero-order valence-corrected chi connectivity index (χ0v) is 28.9. The van der Waals surface area contributed by atoms with Gasteiger partial charge in [-0.15, -0.1) is 0 Å². The molecular formula is C40H30FN7O6. The zero-order valence-electron chi connectivity index (χ0n) is 28.9. The van der Waals surface area contributed by atoms with Gasteiger partial charge in [0.05, 0.1) is 11.8 Å². The first kappa shape index (κ1) is 33.9. The summed E-state index contributed by atoms with van der Waals surface area (Å²) in [5, 5.41) is 10.3. The Morgan fingerprint density at radius 3 is 2.44 bits per heavy atom. The number of furan rings is 1. The summed E-state index contributed by atoms with van der Waals surface area (Å²) >= 11 is 0. The smallest absolute Gasteiger partial charge is 0.268 e. The fourth-order valence-electron chi connectivity index (χ4n) is 6.59. The van der Waals surface area contributed by atoms with E-state index in [0.717, 1.165) is 0 Å². The number of amides is 2. The van der Waals surface area contributed by atoms with E-state index in [-0.39, 0.29) is 28.8 Å². The molecule has 4 aromatic heterocycles. The SMILES string of the molecule is CC(=O)Nc1cccc(-c2c(-c3cnn(C)c3)oc3ncnc(Oc4ccc(NC(=O)c5cc6c(n(-c7ccc(F)cc7)c5=O)CCCC6=O)cc4)c23)c1. The van der Waals surface area contributed by atoms with Crippen LogP contribution in [0.2, 0.25) is 0 Å².